The van der Waals surface area contributed by atoms with E-state index in [1.54, 1.807) is 36.4 Å². The Morgan fingerprint density at radius 3 is 2.18 bits per heavy atom. The minimum absolute atomic E-state index is 0.326. The summed E-state index contributed by atoms with van der Waals surface area (Å²) in [5.74, 6) is 0.161. The predicted molar refractivity (Wildman–Crippen MR) is 103 cm³/mol. The van der Waals surface area contributed by atoms with Gasteiger partial charge in [-0.05, 0) is 35.9 Å². The Morgan fingerprint density at radius 2 is 1.54 bits per heavy atom. The molecule has 0 saturated carbocycles. The number of nitrogens with one attached hydrogen (secondary N) is 2. The fraction of sp³-hybridized carbons (Fsp3) is 0.211. The van der Waals surface area contributed by atoms with Crippen LogP contribution in [0.2, 0.25) is 0 Å². The normalized spacial score (nSPS) is 10.3. The molecule has 0 radical (unpaired) electrons. The third-order valence-corrected chi connectivity index (χ3v) is 3.65. The molecule has 0 bridgehead atoms. The van der Waals surface area contributed by atoms with Gasteiger partial charge in [0.25, 0.3) is 0 Å². The molecule has 0 heterocycles. The maximum Gasteiger partial charge on any atom is 0.329 e. The number of rotatable bonds is 7. The Labute approximate surface area is 162 Å². The molecule has 0 unspecified atom stereocenters. The fourth-order valence-corrected chi connectivity index (χ4v) is 2.23. The van der Waals surface area contributed by atoms with Crippen molar-refractivity contribution in [2.75, 3.05) is 33.8 Å². The SMILES string of the molecule is COc1ccc(NC(=O)C(=O)N/N=C/c2ccc(OC)c(OC)c2)c(OC)c1. The molecule has 2 aromatic carbocycles. The summed E-state index contributed by atoms with van der Waals surface area (Å²) in [4.78, 5) is 24.0. The summed E-state index contributed by atoms with van der Waals surface area (Å²) in [6, 6.07) is 9.88. The minimum Gasteiger partial charge on any atom is -0.497 e. The van der Waals surface area contributed by atoms with Gasteiger partial charge in [-0.3, -0.25) is 9.59 Å². The molecule has 0 atom stereocenters. The molecule has 28 heavy (non-hydrogen) atoms. The van der Waals surface area contributed by atoms with Crippen LogP contribution < -0.4 is 29.7 Å². The van der Waals surface area contributed by atoms with Crippen molar-refractivity contribution in [1.29, 1.82) is 0 Å². The molecule has 0 aliphatic rings. The lowest BCUT2D eigenvalue weighted by molar-refractivity contribution is -0.136. The van der Waals surface area contributed by atoms with E-state index in [-0.39, 0.29) is 0 Å². The molecular formula is C19H21N3O6. The summed E-state index contributed by atoms with van der Waals surface area (Å²) in [7, 11) is 6.00. The van der Waals surface area contributed by atoms with Crippen LogP contribution in [0.5, 0.6) is 23.0 Å². The average molecular weight is 387 g/mol. The van der Waals surface area contributed by atoms with Crippen molar-refractivity contribution in [2.45, 2.75) is 0 Å². The van der Waals surface area contributed by atoms with E-state index in [9.17, 15) is 9.59 Å². The van der Waals surface area contributed by atoms with Gasteiger partial charge in [-0.1, -0.05) is 0 Å². The van der Waals surface area contributed by atoms with Crippen molar-refractivity contribution in [3.05, 3.63) is 42.0 Å². The number of hydrogen-bond donors (Lipinski definition) is 2. The zero-order valence-corrected chi connectivity index (χ0v) is 15.9. The molecule has 2 N–H and O–H groups in total. The lowest BCUT2D eigenvalue weighted by atomic mass is 10.2. The molecule has 0 aliphatic heterocycles. The number of hydrazone groups is 1. The van der Waals surface area contributed by atoms with E-state index in [4.69, 9.17) is 18.9 Å². The van der Waals surface area contributed by atoms with Crippen LogP contribution in [-0.4, -0.2) is 46.5 Å². The van der Waals surface area contributed by atoms with Gasteiger partial charge in [0.15, 0.2) is 11.5 Å². The van der Waals surface area contributed by atoms with Gasteiger partial charge in [-0.25, -0.2) is 5.43 Å². The zero-order chi connectivity index (χ0) is 20.5. The number of carbonyl (C=O) groups is 2. The first-order valence-electron chi connectivity index (χ1n) is 8.10. The van der Waals surface area contributed by atoms with E-state index >= 15 is 0 Å². The minimum atomic E-state index is -0.936. The smallest absolute Gasteiger partial charge is 0.329 e. The van der Waals surface area contributed by atoms with Gasteiger partial charge in [0.1, 0.15) is 11.5 Å². The number of anilines is 1. The third-order valence-electron chi connectivity index (χ3n) is 3.65. The van der Waals surface area contributed by atoms with Crippen molar-refractivity contribution in [3.63, 3.8) is 0 Å². The number of hydrogen-bond acceptors (Lipinski definition) is 7. The second-order valence-electron chi connectivity index (χ2n) is 5.33. The Balaban J connectivity index is 1.99. The number of benzene rings is 2. The molecule has 9 heteroatoms. The van der Waals surface area contributed by atoms with Gasteiger partial charge in [-0.2, -0.15) is 5.10 Å². The molecule has 2 aromatic rings. The van der Waals surface area contributed by atoms with E-state index in [0.29, 0.717) is 34.2 Å². The molecule has 148 valence electrons. The highest BCUT2D eigenvalue weighted by atomic mass is 16.5. The zero-order valence-electron chi connectivity index (χ0n) is 15.9. The van der Waals surface area contributed by atoms with E-state index < -0.39 is 11.8 Å². The van der Waals surface area contributed by atoms with E-state index in [2.05, 4.69) is 15.8 Å². The second-order valence-corrected chi connectivity index (χ2v) is 5.33. The summed E-state index contributed by atoms with van der Waals surface area (Å²) in [5.41, 5.74) is 3.13. The fourth-order valence-electron chi connectivity index (χ4n) is 2.23. The van der Waals surface area contributed by atoms with Crippen LogP contribution in [0.25, 0.3) is 0 Å². The highest BCUT2D eigenvalue weighted by Gasteiger charge is 2.15. The van der Waals surface area contributed by atoms with Gasteiger partial charge in [0, 0.05) is 6.07 Å². The average Bonchev–Trinajstić information content (AvgIpc) is 2.73. The highest BCUT2D eigenvalue weighted by molar-refractivity contribution is 6.39. The van der Waals surface area contributed by atoms with Gasteiger partial charge < -0.3 is 24.3 Å². The Hall–Kier alpha value is -3.75. The molecule has 0 saturated heterocycles. The van der Waals surface area contributed by atoms with Gasteiger partial charge in [0.05, 0.1) is 40.3 Å². The van der Waals surface area contributed by atoms with Gasteiger partial charge in [-0.15, -0.1) is 0 Å². The van der Waals surface area contributed by atoms with Crippen LogP contribution in [0.3, 0.4) is 0 Å². The largest absolute Gasteiger partial charge is 0.497 e. The Morgan fingerprint density at radius 1 is 0.821 bits per heavy atom. The number of carbonyl (C=O) groups excluding carboxylic acids is 2. The first-order chi connectivity index (χ1) is 13.5. The second kappa shape index (κ2) is 9.81. The number of methoxy groups -OCH3 is 4. The number of amides is 2. The molecule has 0 fully saturated rings. The van der Waals surface area contributed by atoms with Crippen molar-refractivity contribution in [3.8, 4) is 23.0 Å². The summed E-state index contributed by atoms with van der Waals surface area (Å²) in [5, 5.41) is 6.22. The van der Waals surface area contributed by atoms with Crippen LogP contribution in [0, 0.1) is 0 Å². The molecule has 0 spiro atoms. The van der Waals surface area contributed by atoms with Crippen molar-refractivity contribution in [2.24, 2.45) is 5.10 Å². The Bertz CT molecular complexity index is 882. The van der Waals surface area contributed by atoms with E-state index in [1.165, 1.54) is 34.7 Å². The van der Waals surface area contributed by atoms with Crippen LogP contribution in [0.15, 0.2) is 41.5 Å². The van der Waals surface area contributed by atoms with E-state index in [0.717, 1.165) is 0 Å². The summed E-state index contributed by atoms with van der Waals surface area (Å²) in [6.45, 7) is 0. The maximum atomic E-state index is 12.0. The molecular weight excluding hydrogens is 366 g/mol. The summed E-state index contributed by atoms with van der Waals surface area (Å²) < 4.78 is 20.6. The molecule has 2 rings (SSSR count). The molecule has 0 aliphatic carbocycles. The van der Waals surface area contributed by atoms with Crippen molar-refractivity contribution in [1.82, 2.24) is 5.43 Å². The van der Waals surface area contributed by atoms with Crippen LogP contribution in [-0.2, 0) is 9.59 Å². The maximum absolute atomic E-state index is 12.0. The summed E-state index contributed by atoms with van der Waals surface area (Å²) >= 11 is 0. The van der Waals surface area contributed by atoms with E-state index in [1.807, 2.05) is 0 Å². The molecule has 2 amide bonds. The predicted octanol–water partition coefficient (Wildman–Crippen LogP) is 1.81. The number of nitrogens with zero attached hydrogens (tertiary/aromatic N) is 1. The number of ether oxygens (including phenoxy) is 4. The quantitative estimate of drug-likeness (QED) is 0.426. The standard InChI is InChI=1S/C19H21N3O6/c1-25-13-6-7-14(16(10-13)27-3)21-18(23)19(24)22-20-11-12-5-8-15(26-2)17(9-12)28-4/h5-11H,1-4H3,(H,21,23)(H,22,24)/b20-11+. The van der Waals surface area contributed by atoms with Crippen LogP contribution in [0.4, 0.5) is 5.69 Å². The van der Waals surface area contributed by atoms with Crippen LogP contribution >= 0.6 is 0 Å². The van der Waals surface area contributed by atoms with Gasteiger partial charge >= 0.3 is 11.8 Å². The molecule has 9 nitrogen and oxygen atoms in total. The van der Waals surface area contributed by atoms with Crippen molar-refractivity contribution < 1.29 is 28.5 Å². The highest BCUT2D eigenvalue weighted by Crippen LogP contribution is 2.29. The monoisotopic (exact) mass is 387 g/mol. The lowest BCUT2D eigenvalue weighted by Gasteiger charge is -2.11. The first kappa shape index (κ1) is 20.6. The van der Waals surface area contributed by atoms with Crippen molar-refractivity contribution >= 4 is 23.7 Å². The topological polar surface area (TPSA) is 107 Å². The van der Waals surface area contributed by atoms with Crippen LogP contribution in [0.1, 0.15) is 5.56 Å². The summed E-state index contributed by atoms with van der Waals surface area (Å²) in [6.07, 6.45) is 1.38. The third kappa shape index (κ3) is 5.13. The molecule has 0 aromatic heterocycles. The Kier molecular flexibility index (Phi) is 7.21. The van der Waals surface area contributed by atoms with Gasteiger partial charge in [0.2, 0.25) is 0 Å². The first-order valence-corrected chi connectivity index (χ1v) is 8.10. The lowest BCUT2D eigenvalue weighted by Crippen LogP contribution is -2.32.